The lowest BCUT2D eigenvalue weighted by Gasteiger charge is -2.06. The molecule has 0 spiro atoms. The van der Waals surface area contributed by atoms with Crippen LogP contribution in [0.2, 0.25) is 0 Å². The fourth-order valence-electron chi connectivity index (χ4n) is 1.54. The van der Waals surface area contributed by atoms with E-state index in [1.807, 2.05) is 6.92 Å². The van der Waals surface area contributed by atoms with Gasteiger partial charge in [0.2, 0.25) is 0 Å². The summed E-state index contributed by atoms with van der Waals surface area (Å²) < 4.78 is 2.58. The fourth-order valence-corrected chi connectivity index (χ4v) is 1.92. The predicted molar refractivity (Wildman–Crippen MR) is 74.4 cm³/mol. The highest BCUT2D eigenvalue weighted by molar-refractivity contribution is 9.10. The zero-order valence-corrected chi connectivity index (χ0v) is 11.4. The smallest absolute Gasteiger partial charge is 0.257 e. The van der Waals surface area contributed by atoms with Crippen LogP contribution < -0.4 is 11.1 Å². The number of nitrogens with two attached hydrogens (primary N) is 1. The molecule has 0 aliphatic rings. The van der Waals surface area contributed by atoms with Crippen LogP contribution >= 0.6 is 15.9 Å². The van der Waals surface area contributed by atoms with Crippen molar-refractivity contribution >= 4 is 33.2 Å². The van der Waals surface area contributed by atoms with Gasteiger partial charge in [-0.2, -0.15) is 5.10 Å². The van der Waals surface area contributed by atoms with Gasteiger partial charge in [-0.05, 0) is 25.1 Å². The number of hydrogen-bond acceptors (Lipinski definition) is 3. The second-order valence-corrected chi connectivity index (χ2v) is 4.69. The summed E-state index contributed by atoms with van der Waals surface area (Å²) in [5.74, 6) is -0.240. The van der Waals surface area contributed by atoms with Crippen molar-refractivity contribution < 1.29 is 4.79 Å². The molecule has 0 saturated heterocycles. The van der Waals surface area contributed by atoms with E-state index in [1.165, 1.54) is 0 Å². The van der Waals surface area contributed by atoms with Crippen molar-refractivity contribution in [1.29, 1.82) is 0 Å². The van der Waals surface area contributed by atoms with Gasteiger partial charge in [0.25, 0.3) is 5.91 Å². The summed E-state index contributed by atoms with van der Waals surface area (Å²) in [5.41, 5.74) is 7.33. The molecule has 0 aliphatic carbocycles. The van der Waals surface area contributed by atoms with E-state index >= 15 is 0 Å². The minimum atomic E-state index is -0.240. The minimum Gasteiger partial charge on any atom is -0.398 e. The number of halogens is 1. The molecule has 0 radical (unpaired) electrons. The number of aryl methyl sites for hydroxylation is 1. The van der Waals surface area contributed by atoms with Gasteiger partial charge < -0.3 is 11.1 Å². The van der Waals surface area contributed by atoms with Crippen molar-refractivity contribution in [3.63, 3.8) is 0 Å². The van der Waals surface area contributed by atoms with Crippen LogP contribution in [0.1, 0.15) is 17.3 Å². The second kappa shape index (κ2) is 5.22. The predicted octanol–water partition coefficient (Wildman–Crippen LogP) is 2.50. The Bertz CT molecular complexity index is 579. The van der Waals surface area contributed by atoms with E-state index in [9.17, 15) is 4.79 Å². The van der Waals surface area contributed by atoms with Crippen LogP contribution in [0.3, 0.4) is 0 Å². The Kier molecular flexibility index (Phi) is 3.66. The minimum absolute atomic E-state index is 0.240. The average molecular weight is 309 g/mol. The van der Waals surface area contributed by atoms with Gasteiger partial charge >= 0.3 is 0 Å². The van der Waals surface area contributed by atoms with E-state index in [0.29, 0.717) is 16.9 Å². The van der Waals surface area contributed by atoms with Gasteiger partial charge in [0.15, 0.2) is 0 Å². The Morgan fingerprint density at radius 1 is 1.56 bits per heavy atom. The molecular formula is C12H13BrN4O. The van der Waals surface area contributed by atoms with Crippen molar-refractivity contribution in [1.82, 2.24) is 9.78 Å². The molecule has 3 N–H and O–H groups in total. The largest absolute Gasteiger partial charge is 0.398 e. The van der Waals surface area contributed by atoms with Crippen molar-refractivity contribution in [3.8, 4) is 0 Å². The molecule has 94 valence electrons. The van der Waals surface area contributed by atoms with Crippen molar-refractivity contribution in [2.75, 3.05) is 11.1 Å². The molecule has 2 aromatic rings. The summed E-state index contributed by atoms with van der Waals surface area (Å²) in [4.78, 5) is 12.0. The maximum absolute atomic E-state index is 12.0. The molecule has 0 atom stereocenters. The standard InChI is InChI=1S/C12H13BrN4O/c1-2-17-7-9(6-15-17)16-12(18)10-4-3-8(13)5-11(10)14/h3-7H,2,14H2,1H3,(H,16,18). The van der Waals surface area contributed by atoms with Crippen molar-refractivity contribution in [3.05, 3.63) is 40.6 Å². The number of amides is 1. The lowest BCUT2D eigenvalue weighted by molar-refractivity contribution is 0.102. The van der Waals surface area contributed by atoms with Gasteiger partial charge in [-0.15, -0.1) is 0 Å². The number of nitrogens with one attached hydrogen (secondary N) is 1. The number of rotatable bonds is 3. The Labute approximate surface area is 113 Å². The SMILES string of the molecule is CCn1cc(NC(=O)c2ccc(Br)cc2N)cn1. The number of hydrogen-bond donors (Lipinski definition) is 2. The lowest BCUT2D eigenvalue weighted by atomic mass is 10.1. The fraction of sp³-hybridized carbons (Fsp3) is 0.167. The van der Waals surface area contributed by atoms with Crippen LogP contribution in [0.4, 0.5) is 11.4 Å². The Morgan fingerprint density at radius 2 is 2.33 bits per heavy atom. The summed E-state index contributed by atoms with van der Waals surface area (Å²) in [6.07, 6.45) is 3.38. The van der Waals surface area contributed by atoms with Gasteiger partial charge in [-0.3, -0.25) is 9.48 Å². The molecule has 0 fully saturated rings. The maximum atomic E-state index is 12.0. The molecule has 1 aromatic heterocycles. The first-order valence-corrected chi connectivity index (χ1v) is 6.28. The molecular weight excluding hydrogens is 296 g/mol. The second-order valence-electron chi connectivity index (χ2n) is 3.77. The van der Waals surface area contributed by atoms with E-state index in [1.54, 1.807) is 35.3 Å². The Balaban J connectivity index is 2.16. The number of carbonyl (C=O) groups is 1. The molecule has 1 amide bonds. The molecule has 0 bridgehead atoms. The normalized spacial score (nSPS) is 10.3. The van der Waals surface area contributed by atoms with Crippen molar-refractivity contribution in [2.24, 2.45) is 0 Å². The third-order valence-corrected chi connectivity index (χ3v) is 2.97. The number of benzene rings is 1. The zero-order chi connectivity index (χ0) is 13.1. The summed E-state index contributed by atoms with van der Waals surface area (Å²) in [7, 11) is 0. The number of anilines is 2. The number of nitrogens with zero attached hydrogens (tertiary/aromatic N) is 2. The molecule has 6 heteroatoms. The van der Waals surface area contributed by atoms with Crippen LogP contribution in [-0.4, -0.2) is 15.7 Å². The van der Waals surface area contributed by atoms with E-state index in [2.05, 4.69) is 26.3 Å². The van der Waals surface area contributed by atoms with Crippen LogP contribution in [-0.2, 0) is 6.54 Å². The van der Waals surface area contributed by atoms with Crippen molar-refractivity contribution in [2.45, 2.75) is 13.5 Å². The first-order chi connectivity index (χ1) is 8.60. The van der Waals surface area contributed by atoms with Gasteiger partial charge in [-0.25, -0.2) is 0 Å². The summed E-state index contributed by atoms with van der Waals surface area (Å²) in [5, 5.41) is 6.84. The van der Waals surface area contributed by atoms with E-state index < -0.39 is 0 Å². The van der Waals surface area contributed by atoms with Gasteiger partial charge in [0, 0.05) is 22.9 Å². The summed E-state index contributed by atoms with van der Waals surface area (Å²) >= 11 is 3.30. The average Bonchev–Trinajstić information content (AvgIpc) is 2.76. The molecule has 0 unspecified atom stereocenters. The summed E-state index contributed by atoms with van der Waals surface area (Å²) in [6.45, 7) is 2.74. The lowest BCUT2D eigenvalue weighted by Crippen LogP contribution is -2.13. The number of carbonyl (C=O) groups excluding carboxylic acids is 1. The van der Waals surface area contributed by atoms with E-state index in [4.69, 9.17) is 5.73 Å². The highest BCUT2D eigenvalue weighted by Gasteiger charge is 2.10. The number of nitrogen functional groups attached to an aromatic ring is 1. The molecule has 2 rings (SSSR count). The highest BCUT2D eigenvalue weighted by Crippen LogP contribution is 2.19. The van der Waals surface area contributed by atoms with Gasteiger partial charge in [-0.1, -0.05) is 15.9 Å². The third-order valence-electron chi connectivity index (χ3n) is 2.47. The van der Waals surface area contributed by atoms with Gasteiger partial charge in [0.05, 0.1) is 17.4 Å². The third kappa shape index (κ3) is 2.70. The first-order valence-electron chi connectivity index (χ1n) is 5.49. The van der Waals surface area contributed by atoms with E-state index in [-0.39, 0.29) is 5.91 Å². The van der Waals surface area contributed by atoms with Crippen LogP contribution in [0.5, 0.6) is 0 Å². The van der Waals surface area contributed by atoms with Gasteiger partial charge in [0.1, 0.15) is 0 Å². The topological polar surface area (TPSA) is 72.9 Å². The number of aromatic nitrogens is 2. The quantitative estimate of drug-likeness (QED) is 0.856. The Hall–Kier alpha value is -1.82. The monoisotopic (exact) mass is 308 g/mol. The first kappa shape index (κ1) is 12.6. The highest BCUT2D eigenvalue weighted by atomic mass is 79.9. The molecule has 5 nitrogen and oxygen atoms in total. The molecule has 1 heterocycles. The summed E-state index contributed by atoms with van der Waals surface area (Å²) in [6, 6.07) is 5.16. The molecule has 18 heavy (non-hydrogen) atoms. The van der Waals surface area contributed by atoms with E-state index in [0.717, 1.165) is 11.0 Å². The molecule has 0 saturated carbocycles. The zero-order valence-electron chi connectivity index (χ0n) is 9.85. The van der Waals surface area contributed by atoms with Crippen LogP contribution in [0.25, 0.3) is 0 Å². The molecule has 1 aromatic carbocycles. The Morgan fingerprint density at radius 3 is 2.94 bits per heavy atom. The van der Waals surface area contributed by atoms with Crippen LogP contribution in [0, 0.1) is 0 Å². The van der Waals surface area contributed by atoms with Crippen LogP contribution in [0.15, 0.2) is 35.1 Å². The molecule has 0 aliphatic heterocycles. The maximum Gasteiger partial charge on any atom is 0.257 e.